The number of rotatable bonds is 8. The van der Waals surface area contributed by atoms with Crippen molar-refractivity contribution in [3.63, 3.8) is 0 Å². The lowest BCUT2D eigenvalue weighted by Crippen LogP contribution is -2.29. The molecule has 0 bridgehead atoms. The van der Waals surface area contributed by atoms with Gasteiger partial charge in [0.05, 0.1) is 19.3 Å². The summed E-state index contributed by atoms with van der Waals surface area (Å²) in [6.45, 7) is 3.89. The third-order valence-corrected chi connectivity index (χ3v) is 2.78. The average Bonchev–Trinajstić information content (AvgIpc) is 2.46. The van der Waals surface area contributed by atoms with E-state index in [2.05, 4.69) is 0 Å². The molecule has 0 amide bonds. The standard InChI is InChI=1S/C15H20O6/c1-4-6-12(15(18)20-5-2)21-13-9-10(14(16)17)7-8-11(13)19-3/h7-9,12H,4-6H2,1-3H3,(H,16,17). The zero-order valence-corrected chi connectivity index (χ0v) is 12.4. The fourth-order valence-corrected chi connectivity index (χ4v) is 1.78. The van der Waals surface area contributed by atoms with Gasteiger partial charge in [-0.15, -0.1) is 0 Å². The largest absolute Gasteiger partial charge is 0.493 e. The van der Waals surface area contributed by atoms with Crippen LogP contribution in [0.4, 0.5) is 0 Å². The van der Waals surface area contributed by atoms with Crippen LogP contribution in [0.25, 0.3) is 0 Å². The summed E-state index contributed by atoms with van der Waals surface area (Å²) in [5.74, 6) is -0.970. The molecule has 0 radical (unpaired) electrons. The van der Waals surface area contributed by atoms with Gasteiger partial charge in [0.25, 0.3) is 0 Å². The average molecular weight is 296 g/mol. The zero-order chi connectivity index (χ0) is 15.8. The molecule has 1 atom stereocenters. The van der Waals surface area contributed by atoms with E-state index in [1.807, 2.05) is 6.92 Å². The number of hydrogen-bond acceptors (Lipinski definition) is 5. The van der Waals surface area contributed by atoms with Crippen molar-refractivity contribution in [3.8, 4) is 11.5 Å². The lowest BCUT2D eigenvalue weighted by molar-refractivity contribution is -0.151. The molecule has 0 aromatic heterocycles. The van der Waals surface area contributed by atoms with Gasteiger partial charge in [0.2, 0.25) is 0 Å². The maximum Gasteiger partial charge on any atom is 0.347 e. The quantitative estimate of drug-likeness (QED) is 0.742. The molecule has 0 fully saturated rings. The van der Waals surface area contributed by atoms with Crippen molar-refractivity contribution in [2.24, 2.45) is 0 Å². The lowest BCUT2D eigenvalue weighted by Gasteiger charge is -2.19. The fourth-order valence-electron chi connectivity index (χ4n) is 1.78. The molecule has 0 spiro atoms. The van der Waals surface area contributed by atoms with Gasteiger partial charge in [-0.2, -0.15) is 0 Å². The number of ether oxygens (including phenoxy) is 3. The smallest absolute Gasteiger partial charge is 0.347 e. The molecule has 0 saturated carbocycles. The first-order chi connectivity index (χ1) is 10.0. The second-order valence-corrected chi connectivity index (χ2v) is 4.32. The first-order valence-corrected chi connectivity index (χ1v) is 6.78. The van der Waals surface area contributed by atoms with Crippen LogP contribution in [0.2, 0.25) is 0 Å². The molecule has 0 aliphatic heterocycles. The first-order valence-electron chi connectivity index (χ1n) is 6.78. The number of esters is 1. The molecule has 0 saturated heterocycles. The number of methoxy groups -OCH3 is 1. The predicted molar refractivity (Wildman–Crippen MR) is 75.9 cm³/mol. The number of hydrogen-bond donors (Lipinski definition) is 1. The van der Waals surface area contributed by atoms with Crippen LogP contribution in [0.1, 0.15) is 37.0 Å². The molecule has 6 nitrogen and oxygen atoms in total. The number of benzene rings is 1. The first kappa shape index (κ1) is 16.8. The summed E-state index contributed by atoms with van der Waals surface area (Å²) in [6, 6.07) is 4.24. The molecule has 0 aliphatic rings. The summed E-state index contributed by atoms with van der Waals surface area (Å²) in [4.78, 5) is 22.9. The summed E-state index contributed by atoms with van der Waals surface area (Å²) >= 11 is 0. The molecule has 1 aromatic carbocycles. The van der Waals surface area contributed by atoms with E-state index in [0.717, 1.165) is 6.42 Å². The van der Waals surface area contributed by atoms with Crippen molar-refractivity contribution in [1.29, 1.82) is 0 Å². The molecule has 1 aromatic rings. The Hall–Kier alpha value is -2.24. The van der Waals surface area contributed by atoms with Crippen molar-refractivity contribution in [2.75, 3.05) is 13.7 Å². The number of carboxylic acid groups (broad SMARTS) is 1. The lowest BCUT2D eigenvalue weighted by atomic mass is 10.2. The van der Waals surface area contributed by atoms with E-state index in [1.54, 1.807) is 6.92 Å². The van der Waals surface area contributed by atoms with E-state index < -0.39 is 18.0 Å². The molecule has 1 N–H and O–H groups in total. The van der Waals surface area contributed by atoms with Crippen LogP contribution in [-0.4, -0.2) is 36.9 Å². The van der Waals surface area contributed by atoms with E-state index in [9.17, 15) is 9.59 Å². The second kappa shape index (κ2) is 8.14. The summed E-state index contributed by atoms with van der Waals surface area (Å²) in [6.07, 6.45) is 0.414. The number of carbonyl (C=O) groups excluding carboxylic acids is 1. The van der Waals surface area contributed by atoms with Gasteiger partial charge in [0.1, 0.15) is 0 Å². The van der Waals surface area contributed by atoms with Gasteiger partial charge in [-0.25, -0.2) is 9.59 Å². The number of carboxylic acids is 1. The van der Waals surface area contributed by atoms with Crippen molar-refractivity contribution >= 4 is 11.9 Å². The normalized spacial score (nSPS) is 11.6. The van der Waals surface area contributed by atoms with Gasteiger partial charge in [-0.1, -0.05) is 13.3 Å². The summed E-state index contributed by atoms with van der Waals surface area (Å²) in [5.41, 5.74) is 0.0601. The maximum atomic E-state index is 11.9. The Kier molecular flexibility index (Phi) is 6.52. The minimum atomic E-state index is -1.08. The second-order valence-electron chi connectivity index (χ2n) is 4.32. The van der Waals surface area contributed by atoms with Crippen LogP contribution in [0.3, 0.4) is 0 Å². The molecular weight excluding hydrogens is 276 g/mol. The molecular formula is C15H20O6. The van der Waals surface area contributed by atoms with Crippen molar-refractivity contribution in [3.05, 3.63) is 23.8 Å². The third-order valence-electron chi connectivity index (χ3n) is 2.78. The highest BCUT2D eigenvalue weighted by molar-refractivity contribution is 5.88. The van der Waals surface area contributed by atoms with Crippen LogP contribution >= 0.6 is 0 Å². The van der Waals surface area contributed by atoms with Gasteiger partial charge in [0, 0.05) is 0 Å². The summed E-state index contributed by atoms with van der Waals surface area (Å²) in [7, 11) is 1.45. The fraction of sp³-hybridized carbons (Fsp3) is 0.467. The Morgan fingerprint density at radius 3 is 2.48 bits per heavy atom. The Morgan fingerprint density at radius 2 is 1.95 bits per heavy atom. The van der Waals surface area contributed by atoms with Crippen LogP contribution in [0.15, 0.2) is 18.2 Å². The van der Waals surface area contributed by atoms with Crippen molar-refractivity contribution in [2.45, 2.75) is 32.8 Å². The molecule has 6 heteroatoms. The third kappa shape index (κ3) is 4.66. The van der Waals surface area contributed by atoms with Gasteiger partial charge in [0.15, 0.2) is 17.6 Å². The molecule has 1 unspecified atom stereocenters. The van der Waals surface area contributed by atoms with Crippen LogP contribution in [0, 0.1) is 0 Å². The molecule has 1 rings (SSSR count). The Labute approximate surface area is 123 Å². The van der Waals surface area contributed by atoms with Crippen LogP contribution < -0.4 is 9.47 Å². The minimum Gasteiger partial charge on any atom is -0.493 e. The van der Waals surface area contributed by atoms with Gasteiger partial charge < -0.3 is 19.3 Å². The van der Waals surface area contributed by atoms with E-state index in [-0.39, 0.29) is 17.9 Å². The SMILES string of the molecule is CCCC(Oc1cc(C(=O)O)ccc1OC)C(=O)OCC. The van der Waals surface area contributed by atoms with E-state index in [1.165, 1.54) is 25.3 Å². The monoisotopic (exact) mass is 296 g/mol. The molecule has 0 heterocycles. The minimum absolute atomic E-state index is 0.0601. The summed E-state index contributed by atoms with van der Waals surface area (Å²) < 4.78 is 15.7. The number of carbonyl (C=O) groups is 2. The van der Waals surface area contributed by atoms with E-state index in [0.29, 0.717) is 12.2 Å². The number of aromatic carboxylic acids is 1. The Morgan fingerprint density at radius 1 is 1.24 bits per heavy atom. The Bertz CT molecular complexity index is 497. The van der Waals surface area contributed by atoms with Crippen LogP contribution in [0.5, 0.6) is 11.5 Å². The zero-order valence-electron chi connectivity index (χ0n) is 12.4. The van der Waals surface area contributed by atoms with Crippen molar-refractivity contribution < 1.29 is 28.9 Å². The highest BCUT2D eigenvalue weighted by Crippen LogP contribution is 2.30. The molecule has 0 aliphatic carbocycles. The highest BCUT2D eigenvalue weighted by atomic mass is 16.6. The van der Waals surface area contributed by atoms with Gasteiger partial charge in [-0.3, -0.25) is 0 Å². The topological polar surface area (TPSA) is 82.1 Å². The Balaban J connectivity index is 3.03. The van der Waals surface area contributed by atoms with Crippen molar-refractivity contribution in [1.82, 2.24) is 0 Å². The maximum absolute atomic E-state index is 11.9. The highest BCUT2D eigenvalue weighted by Gasteiger charge is 2.23. The summed E-state index contributed by atoms with van der Waals surface area (Å²) in [5, 5.41) is 9.02. The molecule has 21 heavy (non-hydrogen) atoms. The molecule has 116 valence electrons. The van der Waals surface area contributed by atoms with E-state index >= 15 is 0 Å². The van der Waals surface area contributed by atoms with E-state index in [4.69, 9.17) is 19.3 Å². The van der Waals surface area contributed by atoms with Crippen LogP contribution in [-0.2, 0) is 9.53 Å². The predicted octanol–water partition coefficient (Wildman–Crippen LogP) is 2.50. The van der Waals surface area contributed by atoms with Gasteiger partial charge >= 0.3 is 11.9 Å². The van der Waals surface area contributed by atoms with Gasteiger partial charge in [-0.05, 0) is 31.5 Å².